The van der Waals surface area contributed by atoms with E-state index in [0.717, 1.165) is 55.5 Å². The Balaban J connectivity index is 1.33. The first-order valence-corrected chi connectivity index (χ1v) is 9.69. The molecule has 8 heteroatoms. The van der Waals surface area contributed by atoms with Crippen molar-refractivity contribution in [2.45, 2.75) is 13.0 Å². The quantitative estimate of drug-likeness (QED) is 0.731. The summed E-state index contributed by atoms with van der Waals surface area (Å²) in [7, 11) is 0. The number of pyridine rings is 1. The Kier molecular flexibility index (Phi) is 4.96. The first-order chi connectivity index (χ1) is 12.7. The van der Waals surface area contributed by atoms with Gasteiger partial charge in [0.25, 0.3) is 5.91 Å². The molecule has 0 unspecified atom stereocenters. The average Bonchev–Trinajstić information content (AvgIpc) is 3.28. The Hall–Kier alpha value is -2.29. The van der Waals surface area contributed by atoms with Crippen LogP contribution in [0, 0.1) is 0 Å². The van der Waals surface area contributed by atoms with Crippen LogP contribution in [-0.4, -0.2) is 62.8 Å². The molecule has 3 aromatic heterocycles. The van der Waals surface area contributed by atoms with Gasteiger partial charge >= 0.3 is 0 Å². The maximum atomic E-state index is 12.6. The summed E-state index contributed by atoms with van der Waals surface area (Å²) in [5.41, 5.74) is 8.12. The summed E-state index contributed by atoms with van der Waals surface area (Å²) in [6.45, 7) is 4.49. The molecule has 1 amide bonds. The molecule has 7 nitrogen and oxygen atoms in total. The van der Waals surface area contributed by atoms with E-state index >= 15 is 0 Å². The summed E-state index contributed by atoms with van der Waals surface area (Å²) in [5, 5.41) is 2.78. The molecule has 2 N–H and O–H groups in total. The lowest BCUT2D eigenvalue weighted by atomic mass is 10.2. The molecule has 0 aliphatic carbocycles. The van der Waals surface area contributed by atoms with Gasteiger partial charge in [-0.1, -0.05) is 6.07 Å². The summed E-state index contributed by atoms with van der Waals surface area (Å²) in [4.78, 5) is 25.9. The van der Waals surface area contributed by atoms with Crippen molar-refractivity contribution in [3.8, 4) is 0 Å². The van der Waals surface area contributed by atoms with Crippen LogP contribution in [0.15, 0.2) is 36.0 Å². The van der Waals surface area contributed by atoms with E-state index in [1.165, 1.54) is 11.3 Å². The highest BCUT2D eigenvalue weighted by Gasteiger charge is 2.24. The third kappa shape index (κ3) is 3.62. The average molecular weight is 370 g/mol. The van der Waals surface area contributed by atoms with E-state index in [9.17, 15) is 4.79 Å². The van der Waals surface area contributed by atoms with Crippen molar-refractivity contribution in [3.05, 3.63) is 52.4 Å². The van der Waals surface area contributed by atoms with E-state index in [4.69, 9.17) is 5.73 Å². The Bertz CT molecular complexity index is 863. The van der Waals surface area contributed by atoms with Gasteiger partial charge < -0.3 is 15.0 Å². The molecule has 0 atom stereocenters. The van der Waals surface area contributed by atoms with Crippen LogP contribution in [0.1, 0.15) is 21.2 Å². The van der Waals surface area contributed by atoms with Crippen molar-refractivity contribution >= 4 is 22.9 Å². The summed E-state index contributed by atoms with van der Waals surface area (Å²) in [6, 6.07) is 6.00. The molecule has 1 aliphatic rings. The number of fused-ring (bicyclic) bond motifs is 1. The number of piperazine rings is 1. The van der Waals surface area contributed by atoms with Crippen molar-refractivity contribution in [2.24, 2.45) is 5.73 Å². The molecule has 0 spiro atoms. The Morgan fingerprint density at radius 3 is 2.81 bits per heavy atom. The number of carbonyl (C=O) groups is 1. The van der Waals surface area contributed by atoms with Gasteiger partial charge in [0, 0.05) is 56.9 Å². The highest BCUT2D eigenvalue weighted by Crippen LogP contribution is 2.15. The first kappa shape index (κ1) is 17.1. The molecule has 0 radical (unpaired) electrons. The minimum atomic E-state index is 0.0249. The molecule has 1 aliphatic heterocycles. The Morgan fingerprint density at radius 1 is 1.19 bits per heavy atom. The molecule has 0 bridgehead atoms. The topological polar surface area (TPSA) is 79.8 Å². The Morgan fingerprint density at radius 2 is 2.04 bits per heavy atom. The lowest BCUT2D eigenvalue weighted by Gasteiger charge is -2.34. The number of rotatable bonds is 5. The van der Waals surface area contributed by atoms with E-state index in [-0.39, 0.29) is 5.91 Å². The summed E-state index contributed by atoms with van der Waals surface area (Å²) in [5.74, 6) is 0.0249. The number of carbonyl (C=O) groups excluding carboxylic acids is 1. The molecule has 0 saturated carbocycles. The van der Waals surface area contributed by atoms with Crippen LogP contribution in [0.2, 0.25) is 0 Å². The van der Waals surface area contributed by atoms with E-state index in [2.05, 4.69) is 21.1 Å². The zero-order valence-corrected chi connectivity index (χ0v) is 15.4. The van der Waals surface area contributed by atoms with Crippen LogP contribution < -0.4 is 5.73 Å². The second-order valence-corrected chi connectivity index (χ2v) is 7.37. The number of imidazole rings is 1. The van der Waals surface area contributed by atoms with Crippen molar-refractivity contribution < 1.29 is 4.79 Å². The van der Waals surface area contributed by atoms with Gasteiger partial charge in [0.1, 0.15) is 11.3 Å². The number of thiazole rings is 1. The van der Waals surface area contributed by atoms with Crippen LogP contribution in [0.5, 0.6) is 0 Å². The van der Waals surface area contributed by atoms with Gasteiger partial charge in [-0.15, -0.1) is 11.3 Å². The van der Waals surface area contributed by atoms with Gasteiger partial charge in [-0.05, 0) is 18.7 Å². The number of hydrogen-bond donors (Lipinski definition) is 1. The second kappa shape index (κ2) is 7.53. The van der Waals surface area contributed by atoms with Crippen LogP contribution in [-0.2, 0) is 13.0 Å². The SMILES string of the molecule is NCCc1nc(C(=O)N2CCN(Cc3cn4ccccc4n3)CC2)cs1. The van der Waals surface area contributed by atoms with Gasteiger partial charge in [-0.25, -0.2) is 9.97 Å². The maximum absolute atomic E-state index is 12.6. The molecule has 3 aromatic rings. The van der Waals surface area contributed by atoms with Crippen LogP contribution in [0.3, 0.4) is 0 Å². The number of aromatic nitrogens is 3. The lowest BCUT2D eigenvalue weighted by Crippen LogP contribution is -2.48. The zero-order chi connectivity index (χ0) is 17.9. The molecular formula is C18H22N6OS. The summed E-state index contributed by atoms with van der Waals surface area (Å²) in [6.07, 6.45) is 4.81. The van der Waals surface area contributed by atoms with E-state index in [0.29, 0.717) is 12.2 Å². The predicted octanol–water partition coefficient (Wildman–Crippen LogP) is 1.25. The van der Waals surface area contributed by atoms with Crippen molar-refractivity contribution in [1.82, 2.24) is 24.2 Å². The number of nitrogens with two attached hydrogens (primary N) is 1. The minimum Gasteiger partial charge on any atom is -0.335 e. The number of hydrogen-bond acceptors (Lipinski definition) is 6. The fourth-order valence-corrected chi connectivity index (χ4v) is 4.00. The third-order valence-corrected chi connectivity index (χ3v) is 5.50. The summed E-state index contributed by atoms with van der Waals surface area (Å²) >= 11 is 1.51. The number of nitrogens with zero attached hydrogens (tertiary/aromatic N) is 5. The van der Waals surface area contributed by atoms with Gasteiger partial charge in [-0.3, -0.25) is 9.69 Å². The molecule has 1 saturated heterocycles. The minimum absolute atomic E-state index is 0.0249. The molecule has 26 heavy (non-hydrogen) atoms. The Labute approximate surface area is 156 Å². The number of amides is 1. The van der Waals surface area contributed by atoms with Crippen molar-refractivity contribution in [1.29, 1.82) is 0 Å². The standard InChI is InChI=1S/C18H22N6OS/c19-5-4-17-21-15(13-26-17)18(25)23-9-7-22(8-10-23)11-14-12-24-6-2-1-3-16(24)20-14/h1-3,6,12-13H,4-5,7-11,19H2. The molecular weight excluding hydrogens is 348 g/mol. The molecule has 4 rings (SSSR count). The molecule has 4 heterocycles. The van der Waals surface area contributed by atoms with Gasteiger partial charge in [-0.2, -0.15) is 0 Å². The van der Waals surface area contributed by atoms with Crippen molar-refractivity contribution in [3.63, 3.8) is 0 Å². The largest absolute Gasteiger partial charge is 0.335 e. The monoisotopic (exact) mass is 370 g/mol. The zero-order valence-electron chi connectivity index (χ0n) is 14.5. The van der Waals surface area contributed by atoms with Gasteiger partial charge in [0.05, 0.1) is 10.7 Å². The van der Waals surface area contributed by atoms with Gasteiger partial charge in [0.15, 0.2) is 0 Å². The van der Waals surface area contributed by atoms with Crippen LogP contribution in [0.4, 0.5) is 0 Å². The normalized spacial score (nSPS) is 15.7. The predicted molar refractivity (Wildman–Crippen MR) is 101 cm³/mol. The van der Waals surface area contributed by atoms with E-state index < -0.39 is 0 Å². The third-order valence-electron chi connectivity index (χ3n) is 4.59. The first-order valence-electron chi connectivity index (χ1n) is 8.81. The molecule has 136 valence electrons. The molecule has 1 fully saturated rings. The lowest BCUT2D eigenvalue weighted by molar-refractivity contribution is 0.0622. The fraction of sp³-hybridized carbons (Fsp3) is 0.389. The summed E-state index contributed by atoms with van der Waals surface area (Å²) < 4.78 is 2.04. The maximum Gasteiger partial charge on any atom is 0.273 e. The van der Waals surface area contributed by atoms with Crippen molar-refractivity contribution in [2.75, 3.05) is 32.7 Å². The second-order valence-electron chi connectivity index (χ2n) is 6.43. The highest BCUT2D eigenvalue weighted by molar-refractivity contribution is 7.09. The van der Waals surface area contributed by atoms with Crippen LogP contribution in [0.25, 0.3) is 5.65 Å². The van der Waals surface area contributed by atoms with E-state index in [1.807, 2.05) is 39.1 Å². The fourth-order valence-electron chi connectivity index (χ4n) is 3.21. The van der Waals surface area contributed by atoms with E-state index in [1.54, 1.807) is 0 Å². The smallest absolute Gasteiger partial charge is 0.273 e. The van der Waals surface area contributed by atoms with Crippen LogP contribution >= 0.6 is 11.3 Å². The van der Waals surface area contributed by atoms with Gasteiger partial charge in [0.2, 0.25) is 0 Å². The molecule has 0 aromatic carbocycles. The highest BCUT2D eigenvalue weighted by atomic mass is 32.1.